The van der Waals surface area contributed by atoms with Crippen LogP contribution in [0.25, 0.3) is 0 Å². The zero-order chi connectivity index (χ0) is 24.7. The number of hydrogen-bond donors (Lipinski definition) is 1. The molecule has 1 aliphatic rings. The van der Waals surface area contributed by atoms with E-state index in [0.29, 0.717) is 5.92 Å². The van der Waals surface area contributed by atoms with Crippen molar-refractivity contribution >= 4 is 29.1 Å². The van der Waals surface area contributed by atoms with Crippen LogP contribution in [0, 0.1) is 5.92 Å². The highest BCUT2D eigenvalue weighted by molar-refractivity contribution is 7.95. The van der Waals surface area contributed by atoms with Crippen molar-refractivity contribution in [3.63, 3.8) is 0 Å². The second-order valence-corrected chi connectivity index (χ2v) is 14.2. The van der Waals surface area contributed by atoms with Crippen molar-refractivity contribution in [1.29, 1.82) is 0 Å². The van der Waals surface area contributed by atoms with Gasteiger partial charge >= 0.3 is 5.97 Å². The fraction of sp³-hybridized carbons (Fsp3) is 0.387. The maximum absolute atomic E-state index is 12.7. The Balaban J connectivity index is 0.00000361. The molecular formula is C31H39INO2P. The van der Waals surface area contributed by atoms with E-state index in [9.17, 15) is 4.79 Å². The molecule has 5 heteroatoms. The zero-order valence-electron chi connectivity index (χ0n) is 21.7. The van der Waals surface area contributed by atoms with Crippen molar-refractivity contribution in [3.05, 3.63) is 91.0 Å². The first-order valence-electron chi connectivity index (χ1n) is 12.9. The predicted octanol–water partition coefficient (Wildman–Crippen LogP) is 2.47. The van der Waals surface area contributed by atoms with Crippen molar-refractivity contribution in [3.8, 4) is 0 Å². The lowest BCUT2D eigenvalue weighted by Crippen LogP contribution is -3.00. The van der Waals surface area contributed by atoms with Crippen LogP contribution < -0.4 is 45.2 Å². The van der Waals surface area contributed by atoms with E-state index in [1.165, 1.54) is 15.9 Å². The Hall–Kier alpha value is -1.75. The van der Waals surface area contributed by atoms with Gasteiger partial charge in [-0.05, 0) is 95.3 Å². The summed E-state index contributed by atoms with van der Waals surface area (Å²) in [4.78, 5) is 12.7. The molecule has 3 nitrogen and oxygen atoms in total. The van der Waals surface area contributed by atoms with Gasteiger partial charge in [-0.15, -0.1) is 0 Å². The molecule has 1 saturated heterocycles. The fourth-order valence-electron chi connectivity index (χ4n) is 5.31. The average Bonchev–Trinajstić information content (AvgIpc) is 2.87. The largest absolute Gasteiger partial charge is 1.00 e. The second-order valence-electron chi connectivity index (χ2n) is 10.6. The zero-order valence-corrected chi connectivity index (χ0v) is 24.8. The van der Waals surface area contributed by atoms with E-state index in [2.05, 4.69) is 96.3 Å². The van der Waals surface area contributed by atoms with E-state index >= 15 is 0 Å². The lowest BCUT2D eigenvalue weighted by Gasteiger charge is -2.32. The van der Waals surface area contributed by atoms with Gasteiger partial charge in [-0.3, -0.25) is 4.79 Å². The summed E-state index contributed by atoms with van der Waals surface area (Å²) in [5.74, 6) is 0.430. The molecule has 1 aliphatic heterocycles. The molecule has 1 heterocycles. The van der Waals surface area contributed by atoms with E-state index < -0.39 is 12.9 Å². The number of carbonyl (C=O) groups excluding carboxylic acids is 1. The standard InChI is InChI=1S/C31H39NO2P.HI/c1-31(2,3)34-30(33)29-24-25(21-22-32-29)14-13-23-35(26-15-7-4-8-16-26,27-17-9-5-10-18-27)28-19-11-6-12-20-28;/h4-12,15-20,25,29,32H,13-14,21-24H2,1-3H3;1H/q+1;/p-1. The highest BCUT2D eigenvalue weighted by Gasteiger charge is 2.44. The van der Waals surface area contributed by atoms with Gasteiger partial charge in [0.15, 0.2) is 0 Å². The Kier molecular flexibility index (Phi) is 10.5. The fourth-order valence-corrected chi connectivity index (χ4v) is 9.68. The predicted molar refractivity (Wildman–Crippen MR) is 150 cm³/mol. The SMILES string of the molecule is CC(C)(C)OC(=O)C1CC(CCC[P+](c2ccccc2)(c2ccccc2)c2ccccc2)CCN1.[I-]. The minimum atomic E-state index is -1.79. The van der Waals surface area contributed by atoms with Gasteiger partial charge in [0.25, 0.3) is 0 Å². The number of piperidine rings is 1. The van der Waals surface area contributed by atoms with Crippen LogP contribution in [-0.4, -0.2) is 30.3 Å². The van der Waals surface area contributed by atoms with Crippen molar-refractivity contribution < 1.29 is 33.5 Å². The summed E-state index contributed by atoms with van der Waals surface area (Å²) in [7, 11) is -1.79. The summed E-state index contributed by atoms with van der Waals surface area (Å²) in [5.41, 5.74) is -0.448. The van der Waals surface area contributed by atoms with E-state index in [1.54, 1.807) is 0 Å². The molecule has 0 saturated carbocycles. The number of halogens is 1. The molecule has 36 heavy (non-hydrogen) atoms. The number of esters is 1. The van der Waals surface area contributed by atoms with Crippen LogP contribution in [0.2, 0.25) is 0 Å². The molecule has 2 atom stereocenters. The van der Waals surface area contributed by atoms with Crippen LogP contribution in [0.5, 0.6) is 0 Å². The Bertz CT molecular complexity index is 973. The molecule has 0 spiro atoms. The first-order valence-corrected chi connectivity index (χ1v) is 14.9. The summed E-state index contributed by atoms with van der Waals surface area (Å²) in [6.45, 7) is 6.69. The van der Waals surface area contributed by atoms with Gasteiger partial charge in [-0.2, -0.15) is 0 Å². The molecule has 2 unspecified atom stereocenters. The monoisotopic (exact) mass is 615 g/mol. The molecule has 0 bridgehead atoms. The van der Waals surface area contributed by atoms with Crippen LogP contribution in [0.1, 0.15) is 46.5 Å². The third-order valence-electron chi connectivity index (χ3n) is 6.90. The molecule has 192 valence electrons. The van der Waals surface area contributed by atoms with Crippen molar-refractivity contribution in [2.75, 3.05) is 12.7 Å². The molecular weight excluding hydrogens is 576 g/mol. The summed E-state index contributed by atoms with van der Waals surface area (Å²) >= 11 is 0. The summed E-state index contributed by atoms with van der Waals surface area (Å²) in [6, 6.07) is 33.1. The number of nitrogens with one attached hydrogen (secondary N) is 1. The van der Waals surface area contributed by atoms with E-state index in [1.807, 2.05) is 20.8 Å². The first-order chi connectivity index (χ1) is 16.9. The molecule has 1 fully saturated rings. The van der Waals surface area contributed by atoms with Crippen LogP contribution in [0.4, 0.5) is 0 Å². The van der Waals surface area contributed by atoms with Crippen molar-refractivity contribution in [2.24, 2.45) is 5.92 Å². The van der Waals surface area contributed by atoms with Crippen LogP contribution >= 0.6 is 7.26 Å². The van der Waals surface area contributed by atoms with E-state index in [-0.39, 0.29) is 36.0 Å². The van der Waals surface area contributed by atoms with Crippen LogP contribution in [0.3, 0.4) is 0 Å². The van der Waals surface area contributed by atoms with Gasteiger partial charge in [0.1, 0.15) is 34.8 Å². The molecule has 0 aromatic heterocycles. The van der Waals surface area contributed by atoms with Crippen LogP contribution in [-0.2, 0) is 9.53 Å². The average molecular weight is 616 g/mol. The lowest BCUT2D eigenvalue weighted by molar-refractivity contribution is -0.158. The molecule has 3 aromatic rings. The third kappa shape index (κ3) is 7.18. The Labute approximate surface area is 234 Å². The van der Waals surface area contributed by atoms with Gasteiger partial charge < -0.3 is 34.0 Å². The van der Waals surface area contributed by atoms with Gasteiger partial charge in [-0.25, -0.2) is 0 Å². The number of benzene rings is 3. The highest BCUT2D eigenvalue weighted by atomic mass is 127. The maximum atomic E-state index is 12.7. The lowest BCUT2D eigenvalue weighted by atomic mass is 9.89. The maximum Gasteiger partial charge on any atom is 0.323 e. The Morgan fingerprint density at radius 1 is 0.861 bits per heavy atom. The topological polar surface area (TPSA) is 38.3 Å². The van der Waals surface area contributed by atoms with Crippen molar-refractivity contribution in [2.45, 2.75) is 58.1 Å². The third-order valence-corrected chi connectivity index (χ3v) is 11.4. The normalized spacial score (nSPS) is 18.2. The van der Waals surface area contributed by atoms with Gasteiger partial charge in [0.2, 0.25) is 0 Å². The van der Waals surface area contributed by atoms with Crippen LogP contribution in [0.15, 0.2) is 91.0 Å². The molecule has 4 rings (SSSR count). The molecule has 3 aromatic carbocycles. The first kappa shape index (κ1) is 28.8. The second kappa shape index (κ2) is 13.2. The smallest absolute Gasteiger partial charge is 0.323 e. The quantitative estimate of drug-likeness (QED) is 0.241. The summed E-state index contributed by atoms with van der Waals surface area (Å²) in [5, 5.41) is 7.71. The Morgan fingerprint density at radius 2 is 1.33 bits per heavy atom. The number of rotatable bonds is 8. The van der Waals surface area contributed by atoms with E-state index in [0.717, 1.165) is 38.4 Å². The minimum Gasteiger partial charge on any atom is -1.00 e. The van der Waals surface area contributed by atoms with Crippen molar-refractivity contribution in [1.82, 2.24) is 5.32 Å². The highest BCUT2D eigenvalue weighted by Crippen LogP contribution is 2.56. The number of carbonyl (C=O) groups is 1. The summed E-state index contributed by atoms with van der Waals surface area (Å²) in [6.07, 6.45) is 5.38. The summed E-state index contributed by atoms with van der Waals surface area (Å²) < 4.78 is 5.66. The molecule has 0 radical (unpaired) electrons. The van der Waals surface area contributed by atoms with Gasteiger partial charge in [-0.1, -0.05) is 54.6 Å². The number of ether oxygens (including phenoxy) is 1. The molecule has 0 aliphatic carbocycles. The number of hydrogen-bond acceptors (Lipinski definition) is 3. The van der Waals surface area contributed by atoms with Gasteiger partial charge in [0, 0.05) is 0 Å². The molecule has 0 amide bonds. The van der Waals surface area contributed by atoms with Gasteiger partial charge in [0.05, 0.1) is 6.16 Å². The van der Waals surface area contributed by atoms with E-state index in [4.69, 9.17) is 4.74 Å². The molecule has 1 N–H and O–H groups in total. The Morgan fingerprint density at radius 3 is 1.78 bits per heavy atom. The minimum absolute atomic E-state index is 0.